The second kappa shape index (κ2) is 9.10. The number of hydrogen-bond acceptors (Lipinski definition) is 8. The molecule has 0 bridgehead atoms. The highest BCUT2D eigenvalue weighted by molar-refractivity contribution is 6.45. The van der Waals surface area contributed by atoms with Gasteiger partial charge in [0.15, 0.2) is 17.5 Å². The number of nitrogens with one attached hydrogen (secondary N) is 1. The summed E-state index contributed by atoms with van der Waals surface area (Å²) >= 11 is 0. The molecule has 174 valence electrons. The number of aliphatic imine (C=N–C) groups is 1. The van der Waals surface area contributed by atoms with Crippen LogP contribution in [0.2, 0.25) is 0 Å². The summed E-state index contributed by atoms with van der Waals surface area (Å²) in [7, 11) is 0. The van der Waals surface area contributed by atoms with Crippen LogP contribution in [0.15, 0.2) is 54.2 Å². The third kappa shape index (κ3) is 3.97. The highest BCUT2D eigenvalue weighted by atomic mass is 19.1. The molecule has 0 radical (unpaired) electrons. The minimum atomic E-state index is -0.838. The van der Waals surface area contributed by atoms with E-state index in [0.717, 1.165) is 6.20 Å². The van der Waals surface area contributed by atoms with Gasteiger partial charge in [0.1, 0.15) is 5.69 Å². The maximum Gasteiger partial charge on any atom is 0.295 e. The molecule has 0 spiro atoms. The summed E-state index contributed by atoms with van der Waals surface area (Å²) in [6, 6.07) is 5.29. The highest BCUT2D eigenvalue weighted by Gasteiger charge is 2.31. The number of carbonyl (C=O) groups excluding carboxylic acids is 2. The minimum absolute atomic E-state index is 0.0407. The first kappa shape index (κ1) is 21.8. The van der Waals surface area contributed by atoms with Crippen molar-refractivity contribution < 1.29 is 14.0 Å². The Morgan fingerprint density at radius 1 is 1.11 bits per heavy atom. The molecule has 5 heterocycles. The summed E-state index contributed by atoms with van der Waals surface area (Å²) < 4.78 is 16.0. The predicted octanol–water partition coefficient (Wildman–Crippen LogP) is 0.932. The summed E-state index contributed by atoms with van der Waals surface area (Å²) in [6.45, 7) is 1.13. The molecule has 4 aromatic rings. The molecule has 1 saturated heterocycles. The monoisotopic (exact) mass is 472 g/mol. The van der Waals surface area contributed by atoms with E-state index in [1.807, 2.05) is 4.90 Å². The van der Waals surface area contributed by atoms with Crippen molar-refractivity contribution >= 4 is 28.4 Å². The van der Waals surface area contributed by atoms with Crippen LogP contribution in [-0.4, -0.2) is 83.5 Å². The lowest BCUT2D eigenvalue weighted by atomic mass is 10.1. The van der Waals surface area contributed by atoms with Crippen LogP contribution >= 0.6 is 0 Å². The largest absolute Gasteiger partial charge is 0.357 e. The summed E-state index contributed by atoms with van der Waals surface area (Å²) in [5.74, 6) is -1.68. The van der Waals surface area contributed by atoms with Gasteiger partial charge in [-0.3, -0.25) is 14.6 Å². The fourth-order valence-corrected chi connectivity index (χ4v) is 3.98. The molecule has 1 N–H and O–H groups in total. The first-order valence-corrected chi connectivity index (χ1v) is 10.6. The second-order valence-electron chi connectivity index (χ2n) is 7.59. The van der Waals surface area contributed by atoms with Crippen molar-refractivity contribution in [3.8, 4) is 12.0 Å². The van der Waals surface area contributed by atoms with E-state index in [-0.39, 0.29) is 35.4 Å². The van der Waals surface area contributed by atoms with Crippen LogP contribution in [0.3, 0.4) is 0 Å². The number of piperazine rings is 1. The van der Waals surface area contributed by atoms with Crippen LogP contribution in [0.5, 0.6) is 0 Å². The number of rotatable bonds is 4. The van der Waals surface area contributed by atoms with Gasteiger partial charge < -0.3 is 14.8 Å². The SMILES string of the molecule is N#CN=C(c1ccccn1)N1CCN(C(=O)C(=O)c2c[nH]c3c(-n4ccnn4)ncc(F)c23)CC1. The van der Waals surface area contributed by atoms with E-state index in [1.54, 1.807) is 30.6 Å². The molecule has 4 aromatic heterocycles. The van der Waals surface area contributed by atoms with E-state index >= 15 is 0 Å². The number of Topliss-reactive ketones (excluding diaryl/α,β-unsaturated/α-hetero) is 1. The van der Waals surface area contributed by atoms with Crippen molar-refractivity contribution in [2.24, 2.45) is 4.99 Å². The summed E-state index contributed by atoms with van der Waals surface area (Å²) in [4.78, 5) is 44.3. The second-order valence-corrected chi connectivity index (χ2v) is 7.59. The third-order valence-electron chi connectivity index (χ3n) is 5.64. The molecule has 1 fully saturated rings. The van der Waals surface area contributed by atoms with Crippen molar-refractivity contribution in [2.75, 3.05) is 26.2 Å². The van der Waals surface area contributed by atoms with E-state index < -0.39 is 17.5 Å². The molecule has 0 unspecified atom stereocenters. The molecule has 1 amide bonds. The Bertz CT molecular complexity index is 1470. The van der Waals surface area contributed by atoms with Crippen LogP contribution in [0.1, 0.15) is 16.1 Å². The first-order valence-electron chi connectivity index (χ1n) is 10.6. The molecule has 0 saturated carbocycles. The van der Waals surface area contributed by atoms with Crippen LogP contribution in [0.25, 0.3) is 16.7 Å². The zero-order chi connectivity index (χ0) is 24.4. The lowest BCUT2D eigenvalue weighted by molar-refractivity contribution is -0.127. The van der Waals surface area contributed by atoms with E-state index in [0.29, 0.717) is 24.6 Å². The van der Waals surface area contributed by atoms with E-state index in [2.05, 4.69) is 30.3 Å². The molecule has 1 aliphatic heterocycles. The number of fused-ring (bicyclic) bond motifs is 1. The molecule has 13 heteroatoms. The third-order valence-corrected chi connectivity index (χ3v) is 5.64. The quantitative estimate of drug-likeness (QED) is 0.152. The minimum Gasteiger partial charge on any atom is -0.357 e. The maximum atomic E-state index is 14.7. The zero-order valence-corrected chi connectivity index (χ0v) is 18.2. The van der Waals surface area contributed by atoms with Crippen LogP contribution < -0.4 is 0 Å². The van der Waals surface area contributed by atoms with E-state index in [9.17, 15) is 14.0 Å². The first-order chi connectivity index (χ1) is 17.1. The number of ketones is 1. The standard InChI is InChI=1S/C22H17FN10O2/c23-15-12-27-21(33-6-5-29-30-33)18-17(15)14(11-26-18)19(34)22(35)32-9-7-31(8-10-32)20(28-13-24)16-3-1-2-4-25-16/h1-6,11-12,26H,7-10H2. The number of aromatic amines is 1. The number of pyridine rings is 2. The Morgan fingerprint density at radius 3 is 2.60 bits per heavy atom. The van der Waals surface area contributed by atoms with E-state index in [1.165, 1.54) is 28.2 Å². The van der Waals surface area contributed by atoms with Gasteiger partial charge in [-0.2, -0.15) is 10.3 Å². The van der Waals surface area contributed by atoms with Gasteiger partial charge in [0.2, 0.25) is 6.19 Å². The number of hydrogen-bond donors (Lipinski definition) is 1. The van der Waals surface area contributed by atoms with Gasteiger partial charge in [0, 0.05) is 38.6 Å². The molecule has 0 atom stereocenters. The summed E-state index contributed by atoms with van der Waals surface area (Å²) in [5.41, 5.74) is 0.675. The maximum absolute atomic E-state index is 14.7. The van der Waals surface area contributed by atoms with Crippen LogP contribution in [0, 0.1) is 17.3 Å². The molecule has 12 nitrogen and oxygen atoms in total. The Kier molecular flexibility index (Phi) is 5.68. The van der Waals surface area contributed by atoms with Gasteiger partial charge >= 0.3 is 0 Å². The highest BCUT2D eigenvalue weighted by Crippen LogP contribution is 2.26. The lowest BCUT2D eigenvalue weighted by Gasteiger charge is -2.35. The number of amidine groups is 1. The topological polar surface area (TPSA) is 149 Å². The Balaban J connectivity index is 1.35. The number of nitriles is 1. The number of halogens is 1. The smallest absolute Gasteiger partial charge is 0.295 e. The molecule has 0 aromatic carbocycles. The van der Waals surface area contributed by atoms with Gasteiger partial charge in [0.25, 0.3) is 11.7 Å². The van der Waals surface area contributed by atoms with Crippen molar-refractivity contribution in [1.82, 2.24) is 39.7 Å². The van der Waals surface area contributed by atoms with Gasteiger partial charge in [-0.1, -0.05) is 11.3 Å². The fourth-order valence-electron chi connectivity index (χ4n) is 3.98. The molecule has 35 heavy (non-hydrogen) atoms. The fraction of sp³-hybridized carbons (Fsp3) is 0.182. The summed E-state index contributed by atoms with van der Waals surface area (Å²) in [6.07, 6.45) is 8.63. The average Bonchev–Trinajstić information content (AvgIpc) is 3.59. The summed E-state index contributed by atoms with van der Waals surface area (Å²) in [5, 5.41) is 16.6. The van der Waals surface area contributed by atoms with Crippen molar-refractivity contribution in [2.45, 2.75) is 0 Å². The molecular formula is C22H17FN10O2. The molecule has 0 aliphatic carbocycles. The predicted molar refractivity (Wildman–Crippen MR) is 120 cm³/mol. The number of H-pyrrole nitrogens is 1. The number of aromatic nitrogens is 6. The number of nitrogens with zero attached hydrogens (tertiary/aromatic N) is 9. The van der Waals surface area contributed by atoms with Crippen molar-refractivity contribution in [3.63, 3.8) is 0 Å². The van der Waals surface area contributed by atoms with Crippen LogP contribution in [0.4, 0.5) is 4.39 Å². The van der Waals surface area contributed by atoms with Gasteiger partial charge in [-0.15, -0.1) is 5.10 Å². The van der Waals surface area contributed by atoms with Gasteiger partial charge in [-0.25, -0.2) is 14.1 Å². The van der Waals surface area contributed by atoms with E-state index in [4.69, 9.17) is 5.26 Å². The van der Waals surface area contributed by atoms with Crippen molar-refractivity contribution in [3.05, 3.63) is 66.3 Å². The normalized spacial score (nSPS) is 14.2. The number of amides is 1. The zero-order valence-electron chi connectivity index (χ0n) is 18.2. The lowest BCUT2D eigenvalue weighted by Crippen LogP contribution is -2.52. The molecule has 1 aliphatic rings. The van der Waals surface area contributed by atoms with Crippen molar-refractivity contribution in [1.29, 1.82) is 5.26 Å². The number of carbonyl (C=O) groups is 2. The Hall–Kier alpha value is -4.99. The van der Waals surface area contributed by atoms with Crippen LogP contribution in [-0.2, 0) is 4.79 Å². The average molecular weight is 472 g/mol. The molecular weight excluding hydrogens is 455 g/mol. The van der Waals surface area contributed by atoms with Gasteiger partial charge in [0.05, 0.1) is 35.1 Å². The molecule has 5 rings (SSSR count). The van der Waals surface area contributed by atoms with Gasteiger partial charge in [-0.05, 0) is 12.1 Å². The Labute approximate surface area is 197 Å². The Morgan fingerprint density at radius 2 is 1.91 bits per heavy atom.